The number of carbonyl (C=O) groups is 2. The lowest BCUT2D eigenvalue weighted by Crippen LogP contribution is -2.27. The topological polar surface area (TPSA) is 64.4 Å². The van der Waals surface area contributed by atoms with E-state index in [1.807, 2.05) is 41.0 Å². The number of halogens is 1. The van der Waals surface area contributed by atoms with Crippen molar-refractivity contribution in [3.8, 4) is 5.69 Å². The number of anilines is 2. The van der Waals surface area contributed by atoms with Crippen LogP contribution in [0.25, 0.3) is 5.69 Å². The summed E-state index contributed by atoms with van der Waals surface area (Å²) in [6.07, 6.45) is 0.00642. The number of amides is 1. The van der Waals surface area contributed by atoms with Crippen molar-refractivity contribution >= 4 is 34.9 Å². The van der Waals surface area contributed by atoms with Crippen molar-refractivity contribution in [3.05, 3.63) is 70.8 Å². The van der Waals surface area contributed by atoms with Crippen LogP contribution in [0.2, 0.25) is 5.02 Å². The zero-order chi connectivity index (χ0) is 19.1. The average Bonchev–Trinajstić information content (AvgIpc) is 2.91. The summed E-state index contributed by atoms with van der Waals surface area (Å²) in [6, 6.07) is 14.7. The Morgan fingerprint density at radius 2 is 1.89 bits per heavy atom. The van der Waals surface area contributed by atoms with E-state index in [9.17, 15) is 9.59 Å². The molecule has 1 aliphatic heterocycles. The van der Waals surface area contributed by atoms with E-state index in [1.54, 1.807) is 24.0 Å². The van der Waals surface area contributed by atoms with E-state index in [-0.39, 0.29) is 18.0 Å². The van der Waals surface area contributed by atoms with Gasteiger partial charge >= 0.3 is 5.97 Å². The highest BCUT2D eigenvalue weighted by Crippen LogP contribution is 2.38. The standard InChI is InChI=1S/C20H16ClN3O3/c1-12-22-19(20(26)27-2)17-11-18(25)24(14-6-4-3-5-7-14)16-10-13(21)8-9-15(16)23(12)17/h3-10H,11H2,1-2H3. The fraction of sp³-hybridized carbons (Fsp3) is 0.150. The first-order valence-electron chi connectivity index (χ1n) is 8.35. The summed E-state index contributed by atoms with van der Waals surface area (Å²) in [5, 5.41) is 0.511. The number of ether oxygens (including phenoxy) is 1. The van der Waals surface area contributed by atoms with Crippen molar-refractivity contribution in [1.82, 2.24) is 9.55 Å². The molecule has 27 heavy (non-hydrogen) atoms. The summed E-state index contributed by atoms with van der Waals surface area (Å²) in [7, 11) is 1.30. The average molecular weight is 382 g/mol. The van der Waals surface area contributed by atoms with Gasteiger partial charge in [-0.15, -0.1) is 0 Å². The third kappa shape index (κ3) is 2.78. The molecule has 0 spiro atoms. The first-order valence-corrected chi connectivity index (χ1v) is 8.73. The quantitative estimate of drug-likeness (QED) is 0.632. The van der Waals surface area contributed by atoms with Crippen LogP contribution in [-0.2, 0) is 16.0 Å². The Morgan fingerprint density at radius 3 is 2.59 bits per heavy atom. The van der Waals surface area contributed by atoms with Crippen LogP contribution in [0.4, 0.5) is 11.4 Å². The lowest BCUT2D eigenvalue weighted by Gasteiger charge is -2.23. The minimum Gasteiger partial charge on any atom is -0.464 e. The van der Waals surface area contributed by atoms with Crippen LogP contribution >= 0.6 is 11.6 Å². The number of aromatic nitrogens is 2. The van der Waals surface area contributed by atoms with E-state index in [0.717, 1.165) is 11.4 Å². The van der Waals surface area contributed by atoms with Crippen molar-refractivity contribution in [1.29, 1.82) is 0 Å². The molecule has 6 nitrogen and oxygen atoms in total. The van der Waals surface area contributed by atoms with Gasteiger partial charge in [-0.25, -0.2) is 9.78 Å². The molecule has 1 aliphatic rings. The Morgan fingerprint density at radius 1 is 1.15 bits per heavy atom. The van der Waals surface area contributed by atoms with Crippen molar-refractivity contribution in [2.24, 2.45) is 0 Å². The van der Waals surface area contributed by atoms with E-state index in [0.29, 0.717) is 22.2 Å². The first kappa shape index (κ1) is 17.3. The number of imidazole rings is 1. The molecule has 0 atom stereocenters. The molecule has 0 unspecified atom stereocenters. The molecule has 136 valence electrons. The minimum atomic E-state index is -0.566. The maximum absolute atomic E-state index is 13.2. The summed E-state index contributed by atoms with van der Waals surface area (Å²) in [5.41, 5.74) is 2.74. The second-order valence-electron chi connectivity index (χ2n) is 6.16. The first-order chi connectivity index (χ1) is 13.0. The van der Waals surface area contributed by atoms with Crippen molar-refractivity contribution in [3.63, 3.8) is 0 Å². The van der Waals surface area contributed by atoms with Crippen LogP contribution < -0.4 is 4.90 Å². The van der Waals surface area contributed by atoms with Gasteiger partial charge in [0.25, 0.3) is 0 Å². The molecule has 4 rings (SSSR count). The number of methoxy groups -OCH3 is 1. The van der Waals surface area contributed by atoms with Gasteiger partial charge in [0, 0.05) is 10.7 Å². The highest BCUT2D eigenvalue weighted by Gasteiger charge is 2.32. The van der Waals surface area contributed by atoms with Gasteiger partial charge in [0.15, 0.2) is 5.69 Å². The molecule has 2 heterocycles. The molecule has 0 N–H and O–H groups in total. The number of esters is 1. The molecule has 0 radical (unpaired) electrons. The van der Waals surface area contributed by atoms with Crippen LogP contribution in [0.1, 0.15) is 22.0 Å². The number of hydrogen-bond acceptors (Lipinski definition) is 4. The molecular weight excluding hydrogens is 366 g/mol. The molecule has 1 amide bonds. The smallest absolute Gasteiger partial charge is 0.358 e. The number of aryl methyl sites for hydroxylation is 1. The maximum atomic E-state index is 13.2. The molecule has 2 aromatic carbocycles. The Labute approximate surface area is 161 Å². The monoisotopic (exact) mass is 381 g/mol. The van der Waals surface area contributed by atoms with Crippen LogP contribution in [0, 0.1) is 6.92 Å². The zero-order valence-corrected chi connectivity index (χ0v) is 15.5. The molecule has 0 saturated heterocycles. The number of para-hydroxylation sites is 1. The van der Waals surface area contributed by atoms with Crippen LogP contribution in [-0.4, -0.2) is 28.5 Å². The summed E-state index contributed by atoms with van der Waals surface area (Å²) >= 11 is 6.24. The second-order valence-corrected chi connectivity index (χ2v) is 6.59. The molecular formula is C20H16ClN3O3. The Bertz CT molecular complexity index is 1060. The van der Waals surface area contributed by atoms with Crippen molar-refractivity contribution in [2.45, 2.75) is 13.3 Å². The third-order valence-corrected chi connectivity index (χ3v) is 4.76. The summed E-state index contributed by atoms with van der Waals surface area (Å²) in [4.78, 5) is 31.4. The Kier molecular flexibility index (Phi) is 4.20. The maximum Gasteiger partial charge on any atom is 0.358 e. The normalized spacial score (nSPS) is 13.0. The number of benzene rings is 2. The Hall–Kier alpha value is -3.12. The Balaban J connectivity index is 2.02. The van der Waals surface area contributed by atoms with Crippen LogP contribution in [0.15, 0.2) is 48.5 Å². The van der Waals surface area contributed by atoms with Gasteiger partial charge in [-0.3, -0.25) is 14.3 Å². The highest BCUT2D eigenvalue weighted by molar-refractivity contribution is 6.31. The summed E-state index contributed by atoms with van der Waals surface area (Å²) in [5.74, 6) is -0.159. The number of hydrogen-bond donors (Lipinski definition) is 0. The number of rotatable bonds is 2. The summed E-state index contributed by atoms with van der Waals surface area (Å²) in [6.45, 7) is 1.79. The molecule has 0 saturated carbocycles. The predicted octanol–water partition coefficient (Wildman–Crippen LogP) is 3.84. The molecule has 7 heteroatoms. The highest BCUT2D eigenvalue weighted by atomic mass is 35.5. The lowest BCUT2D eigenvalue weighted by molar-refractivity contribution is -0.117. The van der Waals surface area contributed by atoms with E-state index in [2.05, 4.69) is 4.98 Å². The van der Waals surface area contributed by atoms with Crippen molar-refractivity contribution in [2.75, 3.05) is 12.0 Å². The predicted molar refractivity (Wildman–Crippen MR) is 102 cm³/mol. The van der Waals surface area contributed by atoms with E-state index in [4.69, 9.17) is 16.3 Å². The molecule has 0 bridgehead atoms. The molecule has 0 aliphatic carbocycles. The SMILES string of the molecule is COC(=O)c1nc(C)n2c1CC(=O)N(c1ccccc1)c1cc(Cl)ccc1-2. The van der Waals surface area contributed by atoms with Crippen LogP contribution in [0.3, 0.4) is 0 Å². The van der Waals surface area contributed by atoms with Gasteiger partial charge in [0.05, 0.1) is 30.6 Å². The lowest BCUT2D eigenvalue weighted by atomic mass is 10.2. The van der Waals surface area contributed by atoms with Gasteiger partial charge in [-0.2, -0.15) is 0 Å². The number of fused-ring (bicyclic) bond motifs is 3. The van der Waals surface area contributed by atoms with Gasteiger partial charge in [0.1, 0.15) is 5.82 Å². The molecule has 1 aromatic heterocycles. The van der Waals surface area contributed by atoms with E-state index < -0.39 is 5.97 Å². The fourth-order valence-corrected chi connectivity index (χ4v) is 3.57. The molecule has 0 fully saturated rings. The van der Waals surface area contributed by atoms with Crippen LogP contribution in [0.5, 0.6) is 0 Å². The van der Waals surface area contributed by atoms with Gasteiger partial charge in [-0.1, -0.05) is 29.8 Å². The van der Waals surface area contributed by atoms with Crippen molar-refractivity contribution < 1.29 is 14.3 Å². The van der Waals surface area contributed by atoms with Gasteiger partial charge in [-0.05, 0) is 37.3 Å². The third-order valence-electron chi connectivity index (χ3n) is 4.52. The van der Waals surface area contributed by atoms with E-state index in [1.165, 1.54) is 7.11 Å². The summed E-state index contributed by atoms with van der Waals surface area (Å²) < 4.78 is 6.67. The number of nitrogens with zero attached hydrogens (tertiary/aromatic N) is 3. The van der Waals surface area contributed by atoms with Gasteiger partial charge < -0.3 is 4.74 Å². The number of carbonyl (C=O) groups excluding carboxylic acids is 2. The van der Waals surface area contributed by atoms with Gasteiger partial charge in [0.2, 0.25) is 5.91 Å². The second kappa shape index (κ2) is 6.55. The fourth-order valence-electron chi connectivity index (χ4n) is 3.40. The zero-order valence-electron chi connectivity index (χ0n) is 14.8. The van der Waals surface area contributed by atoms with E-state index >= 15 is 0 Å². The molecule has 3 aromatic rings. The largest absolute Gasteiger partial charge is 0.464 e. The minimum absolute atomic E-state index is 0.00642.